The number of nitrogens with one attached hydrogen (secondary N) is 1. The summed E-state index contributed by atoms with van der Waals surface area (Å²) < 4.78 is 13.0. The predicted octanol–water partition coefficient (Wildman–Crippen LogP) is 2.43. The molecule has 13 heavy (non-hydrogen) atoms. The molecule has 0 fully saturated rings. The standard InChI is InChI=1S/C10H8FNO/c1-6-2-8(11)3-9-7(5-13)4-12-10(6)9/h2-5,12H,1H3. The molecule has 0 bridgehead atoms. The van der Waals surface area contributed by atoms with Gasteiger partial charge in [0.2, 0.25) is 0 Å². The third-order valence-electron chi connectivity index (χ3n) is 2.11. The van der Waals surface area contributed by atoms with Crippen LogP contribution in [-0.2, 0) is 0 Å². The van der Waals surface area contributed by atoms with Crippen molar-refractivity contribution in [2.75, 3.05) is 0 Å². The Kier molecular flexibility index (Phi) is 1.65. The van der Waals surface area contributed by atoms with Crippen LogP contribution in [0.2, 0.25) is 0 Å². The molecule has 0 unspecified atom stereocenters. The van der Waals surface area contributed by atoms with Crippen molar-refractivity contribution in [2.45, 2.75) is 6.92 Å². The lowest BCUT2D eigenvalue weighted by Crippen LogP contribution is -1.81. The van der Waals surface area contributed by atoms with Gasteiger partial charge in [-0.15, -0.1) is 0 Å². The van der Waals surface area contributed by atoms with E-state index in [0.29, 0.717) is 10.9 Å². The van der Waals surface area contributed by atoms with E-state index in [1.165, 1.54) is 12.1 Å². The van der Waals surface area contributed by atoms with Crippen LogP contribution in [0.5, 0.6) is 0 Å². The van der Waals surface area contributed by atoms with Gasteiger partial charge in [0.1, 0.15) is 5.82 Å². The highest BCUT2D eigenvalue weighted by Crippen LogP contribution is 2.21. The average molecular weight is 177 g/mol. The molecule has 1 aromatic carbocycles. The van der Waals surface area contributed by atoms with Crippen LogP contribution >= 0.6 is 0 Å². The van der Waals surface area contributed by atoms with Crippen LogP contribution in [0.25, 0.3) is 10.9 Å². The number of aryl methyl sites for hydroxylation is 1. The van der Waals surface area contributed by atoms with Gasteiger partial charge >= 0.3 is 0 Å². The van der Waals surface area contributed by atoms with E-state index in [0.717, 1.165) is 17.4 Å². The van der Waals surface area contributed by atoms with E-state index in [2.05, 4.69) is 4.98 Å². The minimum atomic E-state index is -0.312. The Morgan fingerprint density at radius 2 is 2.23 bits per heavy atom. The molecule has 0 saturated carbocycles. The van der Waals surface area contributed by atoms with Gasteiger partial charge in [-0.2, -0.15) is 0 Å². The molecule has 0 radical (unpaired) electrons. The molecule has 0 saturated heterocycles. The summed E-state index contributed by atoms with van der Waals surface area (Å²) in [5.41, 5.74) is 2.13. The number of carbonyl (C=O) groups excluding carboxylic acids is 1. The zero-order valence-electron chi connectivity index (χ0n) is 7.10. The quantitative estimate of drug-likeness (QED) is 0.666. The van der Waals surface area contributed by atoms with E-state index in [4.69, 9.17) is 0 Å². The minimum absolute atomic E-state index is 0.312. The lowest BCUT2D eigenvalue weighted by Gasteiger charge is -1.96. The van der Waals surface area contributed by atoms with Crippen molar-refractivity contribution in [2.24, 2.45) is 0 Å². The monoisotopic (exact) mass is 177 g/mol. The van der Waals surface area contributed by atoms with Crippen molar-refractivity contribution >= 4 is 17.2 Å². The average Bonchev–Trinajstić information content (AvgIpc) is 2.47. The normalized spacial score (nSPS) is 10.6. The van der Waals surface area contributed by atoms with Gasteiger partial charge in [-0.25, -0.2) is 4.39 Å². The Bertz CT molecular complexity index is 473. The van der Waals surface area contributed by atoms with Crippen LogP contribution in [-0.4, -0.2) is 11.3 Å². The summed E-state index contributed by atoms with van der Waals surface area (Å²) in [7, 11) is 0. The number of hydrogen-bond donors (Lipinski definition) is 1. The summed E-state index contributed by atoms with van der Waals surface area (Å²) >= 11 is 0. The maximum atomic E-state index is 13.0. The summed E-state index contributed by atoms with van der Waals surface area (Å²) in [5, 5.41) is 0.646. The first-order valence-corrected chi connectivity index (χ1v) is 3.95. The fourth-order valence-electron chi connectivity index (χ4n) is 1.49. The molecule has 1 N–H and O–H groups in total. The van der Waals surface area contributed by atoms with E-state index in [1.807, 2.05) is 0 Å². The van der Waals surface area contributed by atoms with E-state index < -0.39 is 0 Å². The van der Waals surface area contributed by atoms with Crippen LogP contribution in [0.3, 0.4) is 0 Å². The number of carbonyl (C=O) groups is 1. The first-order valence-electron chi connectivity index (χ1n) is 3.95. The first-order chi connectivity index (χ1) is 6.22. The van der Waals surface area contributed by atoms with Gasteiger partial charge in [0.15, 0.2) is 6.29 Å². The van der Waals surface area contributed by atoms with Crippen molar-refractivity contribution < 1.29 is 9.18 Å². The van der Waals surface area contributed by atoms with Crippen molar-refractivity contribution in [3.05, 3.63) is 35.3 Å². The highest BCUT2D eigenvalue weighted by atomic mass is 19.1. The molecule has 2 aromatic rings. The molecule has 0 atom stereocenters. The highest BCUT2D eigenvalue weighted by molar-refractivity contribution is 5.98. The van der Waals surface area contributed by atoms with E-state index >= 15 is 0 Å². The number of aldehydes is 1. The smallest absolute Gasteiger partial charge is 0.152 e. The second-order valence-electron chi connectivity index (χ2n) is 3.01. The van der Waals surface area contributed by atoms with Gasteiger partial charge in [-0.1, -0.05) is 0 Å². The molecule has 1 aromatic heterocycles. The lowest BCUT2D eigenvalue weighted by atomic mass is 10.1. The van der Waals surface area contributed by atoms with Crippen LogP contribution < -0.4 is 0 Å². The predicted molar refractivity (Wildman–Crippen MR) is 48.4 cm³/mol. The summed E-state index contributed by atoms with van der Waals surface area (Å²) in [6.45, 7) is 1.80. The Morgan fingerprint density at radius 1 is 1.46 bits per heavy atom. The Morgan fingerprint density at radius 3 is 2.92 bits per heavy atom. The van der Waals surface area contributed by atoms with E-state index in [9.17, 15) is 9.18 Å². The number of aromatic nitrogens is 1. The highest BCUT2D eigenvalue weighted by Gasteiger charge is 2.06. The number of aromatic amines is 1. The van der Waals surface area contributed by atoms with Crippen LogP contribution in [0.1, 0.15) is 15.9 Å². The number of hydrogen-bond acceptors (Lipinski definition) is 1. The molecule has 2 rings (SSSR count). The Balaban J connectivity index is 2.89. The summed E-state index contributed by atoms with van der Waals surface area (Å²) in [6, 6.07) is 2.80. The summed E-state index contributed by atoms with van der Waals surface area (Å²) in [6.07, 6.45) is 2.31. The molecule has 3 heteroatoms. The minimum Gasteiger partial charge on any atom is -0.360 e. The van der Waals surface area contributed by atoms with Gasteiger partial charge in [0, 0.05) is 22.7 Å². The van der Waals surface area contributed by atoms with Crippen molar-refractivity contribution in [1.82, 2.24) is 4.98 Å². The Hall–Kier alpha value is -1.64. The lowest BCUT2D eigenvalue weighted by molar-refractivity contribution is 0.112. The maximum absolute atomic E-state index is 13.0. The summed E-state index contributed by atoms with van der Waals surface area (Å²) in [4.78, 5) is 13.5. The topological polar surface area (TPSA) is 32.9 Å². The van der Waals surface area contributed by atoms with E-state index in [1.54, 1.807) is 13.1 Å². The van der Waals surface area contributed by atoms with Crippen LogP contribution in [0.4, 0.5) is 4.39 Å². The number of H-pyrrole nitrogens is 1. The van der Waals surface area contributed by atoms with Crippen molar-refractivity contribution in [3.8, 4) is 0 Å². The van der Waals surface area contributed by atoms with Gasteiger partial charge in [-0.05, 0) is 24.6 Å². The van der Waals surface area contributed by atoms with Gasteiger partial charge < -0.3 is 4.98 Å². The maximum Gasteiger partial charge on any atom is 0.152 e. The molecule has 66 valence electrons. The molecular weight excluding hydrogens is 169 g/mol. The molecule has 0 amide bonds. The second-order valence-corrected chi connectivity index (χ2v) is 3.01. The number of halogens is 1. The first kappa shape index (κ1) is 7.98. The van der Waals surface area contributed by atoms with Gasteiger partial charge in [0.05, 0.1) is 0 Å². The molecule has 0 aliphatic carbocycles. The molecule has 0 aliphatic rings. The fraction of sp³-hybridized carbons (Fsp3) is 0.100. The third kappa shape index (κ3) is 1.13. The van der Waals surface area contributed by atoms with E-state index in [-0.39, 0.29) is 5.82 Å². The zero-order chi connectivity index (χ0) is 9.42. The van der Waals surface area contributed by atoms with Crippen molar-refractivity contribution in [3.63, 3.8) is 0 Å². The number of rotatable bonds is 1. The molecule has 1 heterocycles. The van der Waals surface area contributed by atoms with Crippen molar-refractivity contribution in [1.29, 1.82) is 0 Å². The number of benzene rings is 1. The number of fused-ring (bicyclic) bond motifs is 1. The molecule has 0 aliphatic heterocycles. The molecular formula is C10H8FNO. The summed E-state index contributed by atoms with van der Waals surface area (Å²) in [5.74, 6) is -0.312. The second kappa shape index (κ2) is 2.69. The van der Waals surface area contributed by atoms with Gasteiger partial charge in [0.25, 0.3) is 0 Å². The SMILES string of the molecule is Cc1cc(F)cc2c(C=O)c[nH]c12. The molecule has 2 nitrogen and oxygen atoms in total. The zero-order valence-corrected chi connectivity index (χ0v) is 7.10. The molecule has 0 spiro atoms. The largest absolute Gasteiger partial charge is 0.360 e. The fourth-order valence-corrected chi connectivity index (χ4v) is 1.49. The van der Waals surface area contributed by atoms with Crippen LogP contribution in [0, 0.1) is 12.7 Å². The Labute approximate surface area is 74.4 Å². The van der Waals surface area contributed by atoms with Crippen LogP contribution in [0.15, 0.2) is 18.3 Å². The van der Waals surface area contributed by atoms with Gasteiger partial charge in [-0.3, -0.25) is 4.79 Å². The third-order valence-corrected chi connectivity index (χ3v) is 2.11.